The van der Waals surface area contributed by atoms with Crippen LogP contribution in [0.3, 0.4) is 0 Å². The first-order chi connectivity index (χ1) is 24.2. The lowest BCUT2D eigenvalue weighted by atomic mass is 9.55. The zero-order chi connectivity index (χ0) is 34.7. The minimum atomic E-state index is -0.740. The molecule has 0 saturated carbocycles. The highest BCUT2D eigenvalue weighted by Crippen LogP contribution is 2.61. The molecule has 0 aromatic heterocycles. The molecule has 0 unspecified atom stereocenters. The number of ether oxygens (including phenoxy) is 1. The van der Waals surface area contributed by atoms with E-state index < -0.39 is 47.9 Å². The molecule has 9 rings (SSSR count). The fraction of sp³-hybridized carbons (Fsp3) is 0.146. The van der Waals surface area contributed by atoms with Gasteiger partial charge in [0.15, 0.2) is 5.78 Å². The molecule has 246 valence electrons. The number of carbonyl (C=O) groups is 5. The van der Waals surface area contributed by atoms with Gasteiger partial charge in [-0.1, -0.05) is 77.8 Å². The summed E-state index contributed by atoms with van der Waals surface area (Å²) in [5, 5.41) is 2.27. The van der Waals surface area contributed by atoms with Gasteiger partial charge in [-0.25, -0.2) is 9.80 Å². The average Bonchev–Trinajstić information content (AvgIpc) is 3.40. The molecule has 5 aromatic carbocycles. The van der Waals surface area contributed by atoms with Gasteiger partial charge < -0.3 is 4.74 Å². The number of halogens is 1. The number of esters is 1. The summed E-state index contributed by atoms with van der Waals surface area (Å²) in [5.41, 5.74) is 5.73. The molecule has 1 heterocycles. The van der Waals surface area contributed by atoms with Crippen molar-refractivity contribution < 1.29 is 28.7 Å². The standard InChI is InChI=1S/C41H29ClN2O6/c1-23-10-12-26(13-11-23)41(49)50-28-20-16-24(17-21-28)33(45)22-43(38(46)25-14-18-27(42)19-15-25)44-39(47)36-34-29-6-2-3-7-30(29)35(37(36)40(44)48)32-9-5-4-8-31(32)34/h2-21,34-37H,22H2,1H3/t34?,35?,36-,37-/m1/s1. The Morgan fingerprint density at radius 2 is 1.10 bits per heavy atom. The third-order valence-corrected chi connectivity index (χ3v) is 10.2. The molecule has 3 amide bonds. The Morgan fingerprint density at radius 3 is 1.60 bits per heavy atom. The van der Waals surface area contributed by atoms with Gasteiger partial charge in [0.05, 0.1) is 17.4 Å². The van der Waals surface area contributed by atoms with Crippen LogP contribution < -0.4 is 4.74 Å². The normalized spacial score (nSPS) is 19.8. The molecule has 5 aromatic rings. The lowest BCUT2D eigenvalue weighted by Crippen LogP contribution is -2.52. The molecular weight excluding hydrogens is 652 g/mol. The van der Waals surface area contributed by atoms with E-state index in [0.717, 1.165) is 37.8 Å². The lowest BCUT2D eigenvalue weighted by molar-refractivity contribution is -0.154. The first-order valence-corrected chi connectivity index (χ1v) is 16.6. The fourth-order valence-electron chi connectivity index (χ4n) is 7.67. The largest absolute Gasteiger partial charge is 0.423 e. The number of Topliss-reactive ketones (excluding diaryl/α,β-unsaturated/α-hetero) is 1. The van der Waals surface area contributed by atoms with Crippen LogP contribution in [0.2, 0.25) is 5.02 Å². The predicted molar refractivity (Wildman–Crippen MR) is 185 cm³/mol. The van der Waals surface area contributed by atoms with Crippen molar-refractivity contribution in [3.63, 3.8) is 0 Å². The zero-order valence-corrected chi connectivity index (χ0v) is 27.5. The van der Waals surface area contributed by atoms with E-state index in [-0.39, 0.29) is 28.7 Å². The summed E-state index contributed by atoms with van der Waals surface area (Å²) < 4.78 is 5.48. The topological polar surface area (TPSA) is 101 Å². The number of ketones is 1. The first-order valence-electron chi connectivity index (χ1n) is 16.3. The van der Waals surface area contributed by atoms with Crippen LogP contribution in [0.4, 0.5) is 0 Å². The van der Waals surface area contributed by atoms with E-state index in [9.17, 15) is 24.0 Å². The Morgan fingerprint density at radius 1 is 0.640 bits per heavy atom. The number of rotatable bonds is 7. The minimum absolute atomic E-state index is 0.158. The predicted octanol–water partition coefficient (Wildman–Crippen LogP) is 7.00. The van der Waals surface area contributed by atoms with Crippen LogP contribution in [0.1, 0.15) is 70.7 Å². The number of amides is 3. The Labute approximate surface area is 292 Å². The third kappa shape index (κ3) is 5.11. The second-order valence-corrected chi connectivity index (χ2v) is 13.3. The Kier molecular flexibility index (Phi) is 7.68. The number of nitrogens with zero attached hydrogens (tertiary/aromatic N) is 2. The summed E-state index contributed by atoms with van der Waals surface area (Å²) in [4.78, 5) is 69.7. The molecule has 4 aliphatic rings. The Bertz CT molecular complexity index is 2100. The van der Waals surface area contributed by atoms with E-state index >= 15 is 0 Å². The summed E-state index contributed by atoms with van der Waals surface area (Å²) in [6.07, 6.45) is 0. The van der Waals surface area contributed by atoms with E-state index in [2.05, 4.69) is 0 Å². The van der Waals surface area contributed by atoms with Gasteiger partial charge in [-0.3, -0.25) is 19.2 Å². The monoisotopic (exact) mass is 680 g/mol. The van der Waals surface area contributed by atoms with E-state index in [4.69, 9.17) is 16.3 Å². The summed E-state index contributed by atoms with van der Waals surface area (Å²) >= 11 is 6.10. The van der Waals surface area contributed by atoms with Crippen LogP contribution in [-0.4, -0.2) is 46.0 Å². The second kappa shape index (κ2) is 12.2. The Balaban J connectivity index is 1.11. The van der Waals surface area contributed by atoms with Gasteiger partial charge in [0.2, 0.25) is 0 Å². The van der Waals surface area contributed by atoms with Crippen molar-refractivity contribution in [3.8, 4) is 5.75 Å². The van der Waals surface area contributed by atoms with Crippen molar-refractivity contribution in [1.29, 1.82) is 0 Å². The molecule has 3 aliphatic carbocycles. The van der Waals surface area contributed by atoms with Crippen molar-refractivity contribution in [2.45, 2.75) is 18.8 Å². The number of imide groups is 1. The zero-order valence-electron chi connectivity index (χ0n) is 26.8. The molecule has 2 atom stereocenters. The van der Waals surface area contributed by atoms with Gasteiger partial charge in [0.1, 0.15) is 12.3 Å². The lowest BCUT2D eigenvalue weighted by Gasteiger charge is -2.45. The molecular formula is C41H29ClN2O6. The number of aryl methyl sites for hydroxylation is 1. The highest BCUT2D eigenvalue weighted by molar-refractivity contribution is 6.30. The number of benzene rings is 5. The SMILES string of the molecule is Cc1ccc(C(=O)Oc2ccc(C(=O)CN(C(=O)c3ccc(Cl)cc3)N3C(=O)[C@@H]4C5c6ccccc6C(c6ccccc65)[C@H]4C3=O)cc2)cc1. The van der Waals surface area contributed by atoms with Crippen LogP contribution in [-0.2, 0) is 9.59 Å². The molecule has 1 fully saturated rings. The molecule has 1 aliphatic heterocycles. The highest BCUT2D eigenvalue weighted by Gasteiger charge is 2.63. The van der Waals surface area contributed by atoms with Gasteiger partial charge in [0, 0.05) is 28.0 Å². The maximum absolute atomic E-state index is 14.5. The van der Waals surface area contributed by atoms with Crippen molar-refractivity contribution in [2.24, 2.45) is 11.8 Å². The summed E-state index contributed by atoms with van der Waals surface area (Å²) in [5.74, 6) is -4.81. The number of hydrazine groups is 1. The highest BCUT2D eigenvalue weighted by atomic mass is 35.5. The smallest absolute Gasteiger partial charge is 0.343 e. The minimum Gasteiger partial charge on any atom is -0.423 e. The maximum atomic E-state index is 14.5. The maximum Gasteiger partial charge on any atom is 0.343 e. The van der Waals surface area contributed by atoms with E-state index in [1.165, 1.54) is 48.5 Å². The molecule has 0 radical (unpaired) electrons. The van der Waals surface area contributed by atoms with Gasteiger partial charge in [-0.2, -0.15) is 5.01 Å². The van der Waals surface area contributed by atoms with Crippen molar-refractivity contribution >= 4 is 41.1 Å². The van der Waals surface area contributed by atoms with Crippen LogP contribution in [0.25, 0.3) is 0 Å². The molecule has 2 bridgehead atoms. The van der Waals surface area contributed by atoms with Crippen LogP contribution in [0.5, 0.6) is 5.75 Å². The summed E-state index contributed by atoms with van der Waals surface area (Å²) in [6, 6.07) is 34.7. The first kappa shape index (κ1) is 31.4. The number of hydrogen-bond donors (Lipinski definition) is 0. The average molecular weight is 681 g/mol. The van der Waals surface area contributed by atoms with Gasteiger partial charge in [-0.05, 0) is 89.8 Å². The van der Waals surface area contributed by atoms with Crippen LogP contribution >= 0.6 is 11.6 Å². The van der Waals surface area contributed by atoms with Crippen molar-refractivity contribution in [2.75, 3.05) is 6.54 Å². The van der Waals surface area contributed by atoms with E-state index in [1.54, 1.807) is 12.1 Å². The summed E-state index contributed by atoms with van der Waals surface area (Å²) in [7, 11) is 0. The molecule has 50 heavy (non-hydrogen) atoms. The van der Waals surface area contributed by atoms with Gasteiger partial charge in [-0.15, -0.1) is 0 Å². The molecule has 1 saturated heterocycles. The van der Waals surface area contributed by atoms with Crippen LogP contribution in [0.15, 0.2) is 121 Å². The fourth-order valence-corrected chi connectivity index (χ4v) is 7.79. The van der Waals surface area contributed by atoms with Gasteiger partial charge in [0.25, 0.3) is 17.7 Å². The third-order valence-electron chi connectivity index (χ3n) is 9.96. The van der Waals surface area contributed by atoms with Crippen molar-refractivity contribution in [3.05, 3.63) is 171 Å². The second-order valence-electron chi connectivity index (χ2n) is 12.8. The molecule has 8 nitrogen and oxygen atoms in total. The summed E-state index contributed by atoms with van der Waals surface area (Å²) in [6.45, 7) is 1.33. The number of carbonyl (C=O) groups excluding carboxylic acids is 5. The van der Waals surface area contributed by atoms with Gasteiger partial charge >= 0.3 is 5.97 Å². The number of hydrogen-bond acceptors (Lipinski definition) is 6. The van der Waals surface area contributed by atoms with Crippen molar-refractivity contribution in [1.82, 2.24) is 10.0 Å². The van der Waals surface area contributed by atoms with Crippen LogP contribution in [0, 0.1) is 18.8 Å². The Hall–Kier alpha value is -5.86. The molecule has 0 N–H and O–H groups in total. The molecule has 0 spiro atoms. The van der Waals surface area contributed by atoms with E-state index in [0.29, 0.717) is 10.6 Å². The molecule has 9 heteroatoms. The van der Waals surface area contributed by atoms with E-state index in [1.807, 2.05) is 67.6 Å². The quantitative estimate of drug-likeness (QED) is 0.0794.